The highest BCUT2D eigenvalue weighted by atomic mass is 16.1. The van der Waals surface area contributed by atoms with E-state index < -0.39 is 5.91 Å². The average molecular weight is 233 g/mol. The number of aromatic nitrogens is 1. The van der Waals surface area contributed by atoms with Crippen LogP contribution in [-0.4, -0.2) is 17.4 Å². The summed E-state index contributed by atoms with van der Waals surface area (Å²) in [5, 5.41) is 3.36. The van der Waals surface area contributed by atoms with Crippen LogP contribution in [0, 0.1) is 5.92 Å². The van der Waals surface area contributed by atoms with E-state index in [4.69, 9.17) is 5.73 Å². The number of rotatable bonds is 4. The maximum Gasteiger partial charge on any atom is 0.267 e. The van der Waals surface area contributed by atoms with Gasteiger partial charge in [0.15, 0.2) is 0 Å². The molecular formula is C13H19N3O. The van der Waals surface area contributed by atoms with Gasteiger partial charge in [0.1, 0.15) is 5.69 Å². The van der Waals surface area contributed by atoms with E-state index in [1.54, 1.807) is 12.3 Å². The van der Waals surface area contributed by atoms with E-state index in [-0.39, 0.29) is 0 Å². The Morgan fingerprint density at radius 2 is 2.18 bits per heavy atom. The van der Waals surface area contributed by atoms with E-state index in [9.17, 15) is 4.79 Å². The number of carbonyl (C=O) groups excluding carboxylic acids is 1. The molecule has 17 heavy (non-hydrogen) atoms. The van der Waals surface area contributed by atoms with E-state index >= 15 is 0 Å². The zero-order chi connectivity index (χ0) is 12.1. The zero-order valence-corrected chi connectivity index (χ0v) is 9.98. The maximum absolute atomic E-state index is 11.0. The Morgan fingerprint density at radius 1 is 1.41 bits per heavy atom. The van der Waals surface area contributed by atoms with Crippen molar-refractivity contribution in [1.29, 1.82) is 0 Å². The molecule has 2 rings (SSSR count). The predicted molar refractivity (Wildman–Crippen MR) is 67.8 cm³/mol. The molecule has 92 valence electrons. The molecule has 0 spiro atoms. The maximum atomic E-state index is 11.0. The smallest absolute Gasteiger partial charge is 0.267 e. The van der Waals surface area contributed by atoms with Crippen molar-refractivity contribution in [2.45, 2.75) is 32.1 Å². The molecule has 1 aliphatic carbocycles. The molecule has 0 saturated heterocycles. The van der Waals surface area contributed by atoms with Crippen molar-refractivity contribution in [1.82, 2.24) is 4.98 Å². The quantitative estimate of drug-likeness (QED) is 0.837. The van der Waals surface area contributed by atoms with E-state index in [0.29, 0.717) is 5.69 Å². The highest BCUT2D eigenvalue weighted by Gasteiger charge is 2.13. The van der Waals surface area contributed by atoms with Crippen LogP contribution >= 0.6 is 0 Å². The van der Waals surface area contributed by atoms with Gasteiger partial charge < -0.3 is 11.1 Å². The lowest BCUT2D eigenvalue weighted by atomic mass is 9.89. The topological polar surface area (TPSA) is 68.0 Å². The Balaban J connectivity index is 1.89. The molecule has 3 N–H and O–H groups in total. The second-order valence-corrected chi connectivity index (χ2v) is 4.68. The SMILES string of the molecule is NC(=O)c1cc(NCC2CCCCC2)ccn1. The fraction of sp³-hybridized carbons (Fsp3) is 0.538. The summed E-state index contributed by atoms with van der Waals surface area (Å²) in [5.74, 6) is 0.278. The molecule has 1 fully saturated rings. The van der Waals surface area contributed by atoms with Gasteiger partial charge in [0.05, 0.1) is 0 Å². The Labute approximate surface area is 102 Å². The van der Waals surface area contributed by atoms with E-state index in [2.05, 4.69) is 10.3 Å². The number of amides is 1. The minimum Gasteiger partial charge on any atom is -0.385 e. The second kappa shape index (κ2) is 5.66. The third-order valence-corrected chi connectivity index (χ3v) is 3.33. The molecule has 1 aliphatic rings. The molecule has 0 radical (unpaired) electrons. The molecule has 0 aliphatic heterocycles. The number of anilines is 1. The number of nitrogens with zero attached hydrogens (tertiary/aromatic N) is 1. The molecule has 1 heterocycles. The summed E-state index contributed by atoms with van der Waals surface area (Å²) in [7, 11) is 0. The van der Waals surface area contributed by atoms with Crippen LogP contribution in [0.5, 0.6) is 0 Å². The zero-order valence-electron chi connectivity index (χ0n) is 9.98. The van der Waals surface area contributed by atoms with Gasteiger partial charge in [-0.15, -0.1) is 0 Å². The van der Waals surface area contributed by atoms with Gasteiger partial charge in [-0.2, -0.15) is 0 Å². The first kappa shape index (κ1) is 11.9. The summed E-state index contributed by atoms with van der Waals surface area (Å²) in [4.78, 5) is 14.9. The number of primary amides is 1. The minimum atomic E-state index is -0.480. The molecule has 0 aromatic carbocycles. The standard InChI is InChI=1S/C13H19N3O/c14-13(17)12-8-11(6-7-15-12)16-9-10-4-2-1-3-5-10/h6-8,10H,1-5,9H2,(H2,14,17)(H,15,16). The van der Waals surface area contributed by atoms with Gasteiger partial charge in [-0.25, -0.2) is 0 Å². The second-order valence-electron chi connectivity index (χ2n) is 4.68. The Kier molecular flexibility index (Phi) is 3.96. The lowest BCUT2D eigenvalue weighted by Crippen LogP contribution is -2.18. The molecule has 0 atom stereocenters. The summed E-state index contributed by atoms with van der Waals surface area (Å²) >= 11 is 0. The highest BCUT2D eigenvalue weighted by Crippen LogP contribution is 2.23. The van der Waals surface area contributed by atoms with Gasteiger partial charge >= 0.3 is 0 Å². The van der Waals surface area contributed by atoms with Crippen LogP contribution < -0.4 is 11.1 Å². The van der Waals surface area contributed by atoms with Crippen molar-refractivity contribution in [3.63, 3.8) is 0 Å². The summed E-state index contributed by atoms with van der Waals surface area (Å²) in [5.41, 5.74) is 6.44. The minimum absolute atomic E-state index is 0.318. The number of hydrogen-bond donors (Lipinski definition) is 2. The van der Waals surface area contributed by atoms with Gasteiger partial charge in [-0.1, -0.05) is 19.3 Å². The monoisotopic (exact) mass is 233 g/mol. The van der Waals surface area contributed by atoms with Crippen LogP contribution in [0.1, 0.15) is 42.6 Å². The lowest BCUT2D eigenvalue weighted by Gasteiger charge is -2.22. The summed E-state index contributed by atoms with van der Waals surface area (Å²) < 4.78 is 0. The number of nitrogens with one attached hydrogen (secondary N) is 1. The van der Waals surface area contributed by atoms with Gasteiger partial charge in [0.2, 0.25) is 0 Å². The van der Waals surface area contributed by atoms with Crippen molar-refractivity contribution in [3.05, 3.63) is 24.0 Å². The largest absolute Gasteiger partial charge is 0.385 e. The van der Waals surface area contributed by atoms with Crippen LogP contribution in [0.25, 0.3) is 0 Å². The van der Waals surface area contributed by atoms with Crippen molar-refractivity contribution < 1.29 is 4.79 Å². The number of pyridine rings is 1. The number of carbonyl (C=O) groups is 1. The summed E-state index contributed by atoms with van der Waals surface area (Å²) in [6.07, 6.45) is 8.28. The third kappa shape index (κ3) is 3.44. The van der Waals surface area contributed by atoms with Crippen LogP contribution in [0.15, 0.2) is 18.3 Å². The first-order valence-corrected chi connectivity index (χ1v) is 6.25. The summed E-state index contributed by atoms with van der Waals surface area (Å²) in [6, 6.07) is 3.58. The molecular weight excluding hydrogens is 214 g/mol. The van der Waals surface area contributed by atoms with Crippen molar-refractivity contribution in [2.75, 3.05) is 11.9 Å². The Hall–Kier alpha value is -1.58. The fourth-order valence-corrected chi connectivity index (χ4v) is 2.33. The highest BCUT2D eigenvalue weighted by molar-refractivity contribution is 5.91. The first-order chi connectivity index (χ1) is 8.25. The molecule has 1 aromatic heterocycles. The Bertz CT molecular complexity index is 386. The predicted octanol–water partition coefficient (Wildman–Crippen LogP) is 2.17. The van der Waals surface area contributed by atoms with Crippen LogP contribution in [0.2, 0.25) is 0 Å². The fourth-order valence-electron chi connectivity index (χ4n) is 2.33. The van der Waals surface area contributed by atoms with Gasteiger partial charge in [-0.05, 0) is 30.9 Å². The molecule has 4 nitrogen and oxygen atoms in total. The number of nitrogens with two attached hydrogens (primary N) is 1. The lowest BCUT2D eigenvalue weighted by molar-refractivity contribution is 0.0995. The third-order valence-electron chi connectivity index (χ3n) is 3.33. The van der Waals surface area contributed by atoms with E-state index in [0.717, 1.165) is 18.2 Å². The van der Waals surface area contributed by atoms with Gasteiger partial charge in [0, 0.05) is 18.4 Å². The van der Waals surface area contributed by atoms with Crippen LogP contribution in [0.4, 0.5) is 5.69 Å². The molecule has 1 aromatic rings. The normalized spacial score (nSPS) is 16.7. The molecule has 1 amide bonds. The van der Waals surface area contributed by atoms with Crippen molar-refractivity contribution in [2.24, 2.45) is 11.7 Å². The van der Waals surface area contributed by atoms with Crippen molar-refractivity contribution >= 4 is 11.6 Å². The molecule has 0 bridgehead atoms. The van der Waals surface area contributed by atoms with Crippen LogP contribution in [0.3, 0.4) is 0 Å². The van der Waals surface area contributed by atoms with E-state index in [1.165, 1.54) is 32.1 Å². The molecule has 4 heteroatoms. The van der Waals surface area contributed by atoms with Gasteiger partial charge in [-0.3, -0.25) is 9.78 Å². The molecule has 1 saturated carbocycles. The average Bonchev–Trinajstić information content (AvgIpc) is 2.38. The first-order valence-electron chi connectivity index (χ1n) is 6.25. The molecule has 0 unspecified atom stereocenters. The summed E-state index contributed by atoms with van der Waals surface area (Å²) in [6.45, 7) is 0.974. The number of hydrogen-bond acceptors (Lipinski definition) is 3. The van der Waals surface area contributed by atoms with E-state index in [1.807, 2.05) is 6.07 Å². The van der Waals surface area contributed by atoms with Crippen LogP contribution in [-0.2, 0) is 0 Å². The van der Waals surface area contributed by atoms with Gasteiger partial charge in [0.25, 0.3) is 5.91 Å². The van der Waals surface area contributed by atoms with Crippen molar-refractivity contribution in [3.8, 4) is 0 Å². The Morgan fingerprint density at radius 3 is 2.88 bits per heavy atom.